The van der Waals surface area contributed by atoms with E-state index in [2.05, 4.69) is 49.6 Å². The van der Waals surface area contributed by atoms with E-state index < -0.39 is 0 Å². The predicted molar refractivity (Wildman–Crippen MR) is 87.1 cm³/mol. The van der Waals surface area contributed by atoms with Crippen molar-refractivity contribution in [1.82, 2.24) is 15.0 Å². The average molecular weight is 324 g/mol. The maximum atomic E-state index is 6.05. The Labute approximate surface area is 133 Å². The standard InChI is InChI=1S/C14H18ClN5S/c1-2-7-16-13-17-12(15)18-14(19-13)20(10-5-6-10)9-11-4-3-8-21-11/h3-4,8,10H,2,5-7,9H2,1H3,(H,16,17,18,19). The molecule has 2 heterocycles. The fraction of sp³-hybridized carbons (Fsp3) is 0.500. The van der Waals surface area contributed by atoms with Crippen molar-refractivity contribution in [2.24, 2.45) is 0 Å². The number of thiophene rings is 1. The van der Waals surface area contributed by atoms with Crippen LogP contribution in [0.2, 0.25) is 5.28 Å². The third-order valence-electron chi connectivity index (χ3n) is 3.28. The summed E-state index contributed by atoms with van der Waals surface area (Å²) in [5, 5.41) is 5.52. The molecule has 0 aromatic carbocycles. The van der Waals surface area contributed by atoms with Gasteiger partial charge < -0.3 is 10.2 Å². The van der Waals surface area contributed by atoms with Crippen molar-refractivity contribution in [3.63, 3.8) is 0 Å². The van der Waals surface area contributed by atoms with Crippen LogP contribution in [0.3, 0.4) is 0 Å². The van der Waals surface area contributed by atoms with Gasteiger partial charge in [-0.1, -0.05) is 13.0 Å². The fourth-order valence-corrected chi connectivity index (χ4v) is 2.96. The normalized spacial score (nSPS) is 14.2. The van der Waals surface area contributed by atoms with Crippen LogP contribution in [0.4, 0.5) is 11.9 Å². The van der Waals surface area contributed by atoms with Gasteiger partial charge in [0.1, 0.15) is 0 Å². The number of rotatable bonds is 7. The molecule has 1 fully saturated rings. The molecule has 2 aromatic heterocycles. The van der Waals surface area contributed by atoms with E-state index in [1.54, 1.807) is 11.3 Å². The predicted octanol–water partition coefficient (Wildman–Crippen LogP) is 3.58. The van der Waals surface area contributed by atoms with Gasteiger partial charge in [-0.25, -0.2) is 0 Å². The summed E-state index contributed by atoms with van der Waals surface area (Å²) in [6.07, 6.45) is 3.39. The highest BCUT2D eigenvalue weighted by atomic mass is 35.5. The second-order valence-electron chi connectivity index (χ2n) is 5.09. The molecule has 0 saturated heterocycles. The number of anilines is 2. The van der Waals surface area contributed by atoms with Crippen LogP contribution in [-0.4, -0.2) is 27.5 Å². The van der Waals surface area contributed by atoms with Gasteiger partial charge in [0, 0.05) is 17.5 Å². The van der Waals surface area contributed by atoms with Crippen LogP contribution in [0.1, 0.15) is 31.1 Å². The number of nitrogens with zero attached hydrogens (tertiary/aromatic N) is 4. The molecule has 1 aliphatic carbocycles. The van der Waals surface area contributed by atoms with Gasteiger partial charge in [-0.05, 0) is 42.3 Å². The zero-order valence-electron chi connectivity index (χ0n) is 11.9. The lowest BCUT2D eigenvalue weighted by molar-refractivity contribution is 0.759. The van der Waals surface area contributed by atoms with Gasteiger partial charge in [0.15, 0.2) is 0 Å². The zero-order chi connectivity index (χ0) is 14.7. The molecule has 0 amide bonds. The molecule has 0 aliphatic heterocycles. The average Bonchev–Trinajstić information content (AvgIpc) is 3.18. The molecule has 1 N–H and O–H groups in total. The second kappa shape index (κ2) is 6.58. The first-order valence-corrected chi connectivity index (χ1v) is 8.46. The first-order chi connectivity index (χ1) is 10.3. The number of nitrogens with one attached hydrogen (secondary N) is 1. The van der Waals surface area contributed by atoms with Crippen LogP contribution in [0.5, 0.6) is 0 Å². The summed E-state index contributed by atoms with van der Waals surface area (Å²) in [5.74, 6) is 1.23. The first-order valence-electron chi connectivity index (χ1n) is 7.20. The fourth-order valence-electron chi connectivity index (χ4n) is 2.10. The quantitative estimate of drug-likeness (QED) is 0.844. The molecule has 1 aliphatic rings. The summed E-state index contributed by atoms with van der Waals surface area (Å²) in [4.78, 5) is 16.5. The van der Waals surface area contributed by atoms with Gasteiger partial charge in [-0.3, -0.25) is 0 Å². The highest BCUT2D eigenvalue weighted by molar-refractivity contribution is 7.09. The minimum atomic E-state index is 0.246. The number of halogens is 1. The molecule has 1 saturated carbocycles. The van der Waals surface area contributed by atoms with Crippen molar-refractivity contribution < 1.29 is 0 Å². The minimum Gasteiger partial charge on any atom is -0.354 e. The van der Waals surface area contributed by atoms with E-state index >= 15 is 0 Å². The Kier molecular flexibility index (Phi) is 4.55. The van der Waals surface area contributed by atoms with E-state index in [0.29, 0.717) is 17.9 Å². The SMILES string of the molecule is CCCNc1nc(Cl)nc(N(Cc2cccs2)C2CC2)n1. The molecule has 21 heavy (non-hydrogen) atoms. The molecular formula is C14H18ClN5S. The van der Waals surface area contributed by atoms with Crippen LogP contribution >= 0.6 is 22.9 Å². The molecule has 5 nitrogen and oxygen atoms in total. The van der Waals surface area contributed by atoms with Gasteiger partial charge in [-0.15, -0.1) is 11.3 Å². The van der Waals surface area contributed by atoms with E-state index in [0.717, 1.165) is 19.5 Å². The lowest BCUT2D eigenvalue weighted by Gasteiger charge is -2.22. The Morgan fingerprint density at radius 3 is 2.90 bits per heavy atom. The summed E-state index contributed by atoms with van der Waals surface area (Å²) in [5.41, 5.74) is 0. The van der Waals surface area contributed by atoms with Gasteiger partial charge >= 0.3 is 0 Å². The summed E-state index contributed by atoms with van der Waals surface area (Å²) in [6.45, 7) is 3.76. The summed E-state index contributed by atoms with van der Waals surface area (Å²) < 4.78 is 0. The van der Waals surface area contributed by atoms with Gasteiger partial charge in [-0.2, -0.15) is 15.0 Å². The third-order valence-corrected chi connectivity index (χ3v) is 4.31. The largest absolute Gasteiger partial charge is 0.354 e. The van der Waals surface area contributed by atoms with Crippen molar-refractivity contribution >= 4 is 34.8 Å². The Balaban J connectivity index is 1.82. The molecule has 0 spiro atoms. The summed E-state index contributed by atoms with van der Waals surface area (Å²) in [6, 6.07) is 4.73. The lowest BCUT2D eigenvalue weighted by Crippen LogP contribution is -2.27. The Morgan fingerprint density at radius 2 is 2.24 bits per heavy atom. The smallest absolute Gasteiger partial charge is 0.232 e. The molecule has 112 valence electrons. The highest BCUT2D eigenvalue weighted by Crippen LogP contribution is 2.32. The maximum Gasteiger partial charge on any atom is 0.232 e. The molecule has 3 rings (SSSR count). The van der Waals surface area contributed by atoms with Gasteiger partial charge in [0.25, 0.3) is 0 Å². The topological polar surface area (TPSA) is 53.9 Å². The number of hydrogen-bond donors (Lipinski definition) is 1. The van der Waals surface area contributed by atoms with Crippen LogP contribution in [0, 0.1) is 0 Å². The monoisotopic (exact) mass is 323 g/mol. The van der Waals surface area contributed by atoms with Crippen molar-refractivity contribution in [3.8, 4) is 0 Å². The lowest BCUT2D eigenvalue weighted by atomic mass is 10.4. The molecular weight excluding hydrogens is 306 g/mol. The Bertz CT molecular complexity index is 585. The van der Waals surface area contributed by atoms with E-state index in [4.69, 9.17) is 11.6 Å². The molecule has 2 aromatic rings. The van der Waals surface area contributed by atoms with Crippen molar-refractivity contribution in [2.75, 3.05) is 16.8 Å². The van der Waals surface area contributed by atoms with Crippen molar-refractivity contribution in [1.29, 1.82) is 0 Å². The summed E-state index contributed by atoms with van der Waals surface area (Å²) >= 11 is 7.81. The Morgan fingerprint density at radius 1 is 1.38 bits per heavy atom. The van der Waals surface area contributed by atoms with Gasteiger partial charge in [0.2, 0.25) is 17.2 Å². The van der Waals surface area contributed by atoms with E-state index in [9.17, 15) is 0 Å². The van der Waals surface area contributed by atoms with E-state index in [1.807, 2.05) is 0 Å². The van der Waals surface area contributed by atoms with Crippen LogP contribution in [-0.2, 0) is 6.54 Å². The highest BCUT2D eigenvalue weighted by Gasteiger charge is 2.31. The third kappa shape index (κ3) is 3.83. The molecule has 0 radical (unpaired) electrons. The minimum absolute atomic E-state index is 0.246. The van der Waals surface area contributed by atoms with Crippen LogP contribution in [0.15, 0.2) is 17.5 Å². The van der Waals surface area contributed by atoms with Gasteiger partial charge in [0.05, 0.1) is 6.54 Å². The summed E-state index contributed by atoms with van der Waals surface area (Å²) in [7, 11) is 0. The second-order valence-corrected chi connectivity index (χ2v) is 6.46. The maximum absolute atomic E-state index is 6.05. The molecule has 0 bridgehead atoms. The van der Waals surface area contributed by atoms with Crippen molar-refractivity contribution in [2.45, 2.75) is 38.8 Å². The van der Waals surface area contributed by atoms with Crippen LogP contribution < -0.4 is 10.2 Å². The molecule has 0 atom stereocenters. The van der Waals surface area contributed by atoms with E-state index in [1.165, 1.54) is 17.7 Å². The number of aromatic nitrogens is 3. The Hall–Kier alpha value is -1.40. The molecule has 0 unspecified atom stereocenters. The van der Waals surface area contributed by atoms with E-state index in [-0.39, 0.29) is 5.28 Å². The van der Waals surface area contributed by atoms with Crippen LogP contribution in [0.25, 0.3) is 0 Å². The first kappa shape index (κ1) is 14.5. The zero-order valence-corrected chi connectivity index (χ0v) is 13.5. The van der Waals surface area contributed by atoms with Crippen molar-refractivity contribution in [3.05, 3.63) is 27.7 Å². The number of hydrogen-bond acceptors (Lipinski definition) is 6. The molecule has 7 heteroatoms.